The molecular weight excluding hydrogens is 388 g/mol. The summed E-state index contributed by atoms with van der Waals surface area (Å²) < 4.78 is 35.0. The van der Waals surface area contributed by atoms with Gasteiger partial charge in [-0.2, -0.15) is 5.10 Å². The quantitative estimate of drug-likeness (QED) is 0.548. The predicted molar refractivity (Wildman–Crippen MR) is 112 cm³/mol. The molecule has 0 radical (unpaired) electrons. The van der Waals surface area contributed by atoms with Gasteiger partial charge in [0, 0.05) is 31.8 Å². The van der Waals surface area contributed by atoms with Gasteiger partial charge in [-0.3, -0.25) is 4.90 Å². The molecule has 2 aromatic carbocycles. The number of nitrogens with zero attached hydrogens (tertiary/aromatic N) is 3. The fraction of sp³-hybridized carbons (Fsp3) is 0.348. The number of rotatable bonds is 9. The van der Waals surface area contributed by atoms with Gasteiger partial charge in [0.25, 0.3) is 0 Å². The molecule has 0 aliphatic heterocycles. The van der Waals surface area contributed by atoms with E-state index in [1.54, 1.807) is 18.7 Å². The second kappa shape index (κ2) is 9.82. The van der Waals surface area contributed by atoms with Gasteiger partial charge >= 0.3 is 0 Å². The maximum Gasteiger partial charge on any atom is 0.222 e. The summed E-state index contributed by atoms with van der Waals surface area (Å²) in [4.78, 5) is 2.11. The number of aromatic nitrogens is 2. The largest absolute Gasteiger partial charge is 0.436 e. The van der Waals surface area contributed by atoms with Crippen LogP contribution in [-0.4, -0.2) is 39.0 Å². The zero-order valence-electron chi connectivity index (χ0n) is 17.5. The van der Waals surface area contributed by atoms with Crippen LogP contribution in [0.1, 0.15) is 25.8 Å². The van der Waals surface area contributed by atoms with Crippen LogP contribution in [0.2, 0.25) is 0 Å². The number of halogens is 2. The molecule has 1 heterocycles. The average molecular weight is 415 g/mol. The van der Waals surface area contributed by atoms with Crippen molar-refractivity contribution in [1.29, 1.82) is 0 Å². The molecule has 1 unspecified atom stereocenters. The first-order chi connectivity index (χ1) is 14.4. The third kappa shape index (κ3) is 5.23. The third-order valence-corrected chi connectivity index (χ3v) is 4.68. The summed E-state index contributed by atoms with van der Waals surface area (Å²) in [6.45, 7) is 5.55. The lowest BCUT2D eigenvalue weighted by molar-refractivity contribution is 0.122. The summed E-state index contributed by atoms with van der Waals surface area (Å²) >= 11 is 0. The second-order valence-electron chi connectivity index (χ2n) is 7.38. The summed E-state index contributed by atoms with van der Waals surface area (Å²) in [5.74, 6) is -1.14. The fourth-order valence-electron chi connectivity index (χ4n) is 3.46. The van der Waals surface area contributed by atoms with Crippen molar-refractivity contribution in [2.75, 3.05) is 13.1 Å². The van der Waals surface area contributed by atoms with Crippen LogP contribution in [0.15, 0.2) is 48.5 Å². The molecule has 0 aliphatic carbocycles. The number of aryl methyl sites for hydroxylation is 1. The lowest BCUT2D eigenvalue weighted by atomic mass is 10.1. The van der Waals surface area contributed by atoms with Crippen molar-refractivity contribution >= 4 is 0 Å². The van der Waals surface area contributed by atoms with Crippen LogP contribution in [0, 0.1) is 11.6 Å². The number of hydrogen-bond acceptors (Lipinski definition) is 4. The van der Waals surface area contributed by atoms with E-state index in [0.717, 1.165) is 41.9 Å². The van der Waals surface area contributed by atoms with Gasteiger partial charge in [-0.15, -0.1) is 0 Å². The molecule has 0 aliphatic rings. The van der Waals surface area contributed by atoms with Gasteiger partial charge in [0.1, 0.15) is 11.5 Å². The number of aliphatic hydroxyl groups excluding tert-OH is 1. The van der Waals surface area contributed by atoms with Crippen molar-refractivity contribution in [3.63, 3.8) is 0 Å². The molecule has 160 valence electrons. The van der Waals surface area contributed by atoms with Gasteiger partial charge in [0.2, 0.25) is 5.88 Å². The van der Waals surface area contributed by atoms with Crippen molar-refractivity contribution in [3.05, 3.63) is 65.7 Å². The van der Waals surface area contributed by atoms with Crippen molar-refractivity contribution < 1.29 is 18.6 Å². The van der Waals surface area contributed by atoms with E-state index in [-0.39, 0.29) is 5.75 Å². The Morgan fingerprint density at radius 3 is 2.53 bits per heavy atom. The maximum atomic E-state index is 14.2. The lowest BCUT2D eigenvalue weighted by Gasteiger charge is -2.23. The molecule has 0 saturated carbocycles. The van der Waals surface area contributed by atoms with E-state index >= 15 is 0 Å². The minimum atomic E-state index is -0.780. The Morgan fingerprint density at radius 2 is 1.90 bits per heavy atom. The number of aliphatic hydroxyl groups is 1. The summed E-state index contributed by atoms with van der Waals surface area (Å²) in [5.41, 5.74) is 2.41. The Hall–Kier alpha value is -2.77. The summed E-state index contributed by atoms with van der Waals surface area (Å²) in [6.07, 6.45) is 0.420. The molecule has 1 aromatic heterocycles. The molecular formula is C23H27F2N3O2. The minimum Gasteiger partial charge on any atom is -0.436 e. The van der Waals surface area contributed by atoms with Gasteiger partial charge < -0.3 is 9.84 Å². The molecule has 1 N–H and O–H groups in total. The van der Waals surface area contributed by atoms with Gasteiger partial charge in [0.05, 0.1) is 11.7 Å². The van der Waals surface area contributed by atoms with Crippen LogP contribution in [0.25, 0.3) is 11.3 Å². The second-order valence-corrected chi connectivity index (χ2v) is 7.38. The summed E-state index contributed by atoms with van der Waals surface area (Å²) in [5, 5.41) is 14.5. The standard InChI is InChI=1S/C23H27F2N3O2/c1-4-12-28(14-16(2)29)15-19-22(17-8-6-5-7-9-17)26-27(3)23(19)30-21-11-10-18(24)13-20(21)25/h5-11,13,16,29H,4,12,14-15H2,1-3H3. The number of ether oxygens (including phenoxy) is 1. The Morgan fingerprint density at radius 1 is 1.17 bits per heavy atom. The molecule has 5 nitrogen and oxygen atoms in total. The van der Waals surface area contributed by atoms with Gasteiger partial charge in [-0.1, -0.05) is 37.3 Å². The van der Waals surface area contributed by atoms with Crippen molar-refractivity contribution in [2.24, 2.45) is 7.05 Å². The fourth-order valence-corrected chi connectivity index (χ4v) is 3.46. The molecule has 1 atom stereocenters. The highest BCUT2D eigenvalue weighted by atomic mass is 19.1. The smallest absolute Gasteiger partial charge is 0.222 e. The van der Waals surface area contributed by atoms with E-state index in [4.69, 9.17) is 4.74 Å². The summed E-state index contributed by atoms with van der Waals surface area (Å²) in [6, 6.07) is 12.9. The first kappa shape index (κ1) is 21.9. The maximum absolute atomic E-state index is 14.2. The summed E-state index contributed by atoms with van der Waals surface area (Å²) in [7, 11) is 1.73. The topological polar surface area (TPSA) is 50.5 Å². The van der Waals surface area contributed by atoms with Crippen LogP contribution in [0.4, 0.5) is 8.78 Å². The van der Waals surface area contributed by atoms with Crippen LogP contribution < -0.4 is 4.74 Å². The zero-order chi connectivity index (χ0) is 21.7. The number of hydrogen-bond donors (Lipinski definition) is 1. The molecule has 3 aromatic rings. The molecule has 3 rings (SSSR count). The molecule has 0 bridgehead atoms. The normalized spacial score (nSPS) is 12.4. The molecule has 0 saturated heterocycles. The SMILES string of the molecule is CCCN(Cc1c(-c2ccccc2)nn(C)c1Oc1ccc(F)cc1F)CC(C)O. The van der Waals surface area contributed by atoms with E-state index in [1.165, 1.54) is 6.07 Å². The molecule has 7 heteroatoms. The predicted octanol–water partition coefficient (Wildman–Crippen LogP) is 4.75. The van der Waals surface area contributed by atoms with Crippen molar-refractivity contribution in [3.8, 4) is 22.9 Å². The van der Waals surface area contributed by atoms with E-state index < -0.39 is 17.7 Å². The zero-order valence-corrected chi connectivity index (χ0v) is 17.5. The van der Waals surface area contributed by atoms with E-state index in [9.17, 15) is 13.9 Å². The molecule has 0 fully saturated rings. The Kier molecular flexibility index (Phi) is 7.18. The van der Waals surface area contributed by atoms with Gasteiger partial charge in [-0.25, -0.2) is 13.5 Å². The van der Waals surface area contributed by atoms with E-state index in [2.05, 4.69) is 16.9 Å². The monoisotopic (exact) mass is 415 g/mol. The Balaban J connectivity index is 2.05. The Bertz CT molecular complexity index is 974. The highest BCUT2D eigenvalue weighted by Crippen LogP contribution is 2.35. The highest BCUT2D eigenvalue weighted by Gasteiger charge is 2.23. The number of benzene rings is 2. The highest BCUT2D eigenvalue weighted by molar-refractivity contribution is 5.65. The lowest BCUT2D eigenvalue weighted by Crippen LogP contribution is -2.31. The Labute approximate surface area is 175 Å². The minimum absolute atomic E-state index is 0.0715. The first-order valence-corrected chi connectivity index (χ1v) is 10.0. The van der Waals surface area contributed by atoms with Crippen molar-refractivity contribution in [1.82, 2.24) is 14.7 Å². The van der Waals surface area contributed by atoms with E-state index in [1.807, 2.05) is 30.3 Å². The van der Waals surface area contributed by atoms with Crippen LogP contribution in [0.5, 0.6) is 11.6 Å². The van der Waals surface area contributed by atoms with Crippen molar-refractivity contribution in [2.45, 2.75) is 32.9 Å². The van der Waals surface area contributed by atoms with E-state index in [0.29, 0.717) is 19.0 Å². The first-order valence-electron chi connectivity index (χ1n) is 10.0. The molecule has 30 heavy (non-hydrogen) atoms. The molecule has 0 amide bonds. The average Bonchev–Trinajstić information content (AvgIpc) is 3.00. The van der Waals surface area contributed by atoms with Crippen LogP contribution in [0.3, 0.4) is 0 Å². The van der Waals surface area contributed by atoms with Gasteiger partial charge in [-0.05, 0) is 32.0 Å². The van der Waals surface area contributed by atoms with Gasteiger partial charge in [0.15, 0.2) is 11.6 Å². The van der Waals surface area contributed by atoms with Crippen LogP contribution in [-0.2, 0) is 13.6 Å². The van der Waals surface area contributed by atoms with Crippen LogP contribution >= 0.6 is 0 Å². The molecule has 0 spiro atoms. The third-order valence-electron chi connectivity index (χ3n) is 4.68.